The molecule has 0 N–H and O–H groups in total. The fourth-order valence-electron chi connectivity index (χ4n) is 8.59. The van der Waals surface area contributed by atoms with Crippen LogP contribution in [0, 0.1) is 0 Å². The van der Waals surface area contributed by atoms with Gasteiger partial charge >= 0.3 is 0 Å². The van der Waals surface area contributed by atoms with Crippen molar-refractivity contribution < 1.29 is 0 Å². The van der Waals surface area contributed by atoms with Gasteiger partial charge in [0.1, 0.15) is 0 Å². The molecule has 238 valence electrons. The molecule has 2 aliphatic rings. The molecule has 0 amide bonds. The van der Waals surface area contributed by atoms with E-state index >= 15 is 0 Å². The van der Waals surface area contributed by atoms with E-state index < -0.39 is 0 Å². The molecule has 0 aromatic heterocycles. The van der Waals surface area contributed by atoms with Crippen molar-refractivity contribution in [1.29, 1.82) is 0 Å². The van der Waals surface area contributed by atoms with Crippen molar-refractivity contribution in [2.75, 3.05) is 16.8 Å². The molecule has 0 heterocycles. The van der Waals surface area contributed by atoms with Crippen molar-refractivity contribution >= 4 is 39.2 Å². The van der Waals surface area contributed by atoms with Crippen molar-refractivity contribution in [2.45, 2.75) is 38.5 Å². The van der Waals surface area contributed by atoms with Crippen LogP contribution in [0.25, 0.3) is 33.0 Å². The van der Waals surface area contributed by atoms with Crippen LogP contribution < -0.4 is 9.80 Å². The number of fused-ring (bicyclic) bond motifs is 8. The second-order valence-electron chi connectivity index (χ2n) is 14.7. The third-order valence-electron chi connectivity index (χ3n) is 11.2. The van der Waals surface area contributed by atoms with Crippen LogP contribution in [-0.2, 0) is 10.8 Å². The third kappa shape index (κ3) is 4.33. The molecular formula is C47H40N2. The van der Waals surface area contributed by atoms with E-state index in [-0.39, 0.29) is 10.8 Å². The molecular weight excluding hydrogens is 593 g/mol. The minimum Gasteiger partial charge on any atom is -0.344 e. The summed E-state index contributed by atoms with van der Waals surface area (Å²) in [5.41, 5.74) is 16.7. The van der Waals surface area contributed by atoms with Gasteiger partial charge in [-0.2, -0.15) is 0 Å². The van der Waals surface area contributed by atoms with Gasteiger partial charge in [-0.1, -0.05) is 113 Å². The van der Waals surface area contributed by atoms with Crippen LogP contribution in [0.5, 0.6) is 0 Å². The third-order valence-corrected chi connectivity index (χ3v) is 11.2. The largest absolute Gasteiger partial charge is 0.344 e. The first-order valence-corrected chi connectivity index (χ1v) is 17.3. The lowest BCUT2D eigenvalue weighted by molar-refractivity contribution is 0.652. The van der Waals surface area contributed by atoms with Crippen molar-refractivity contribution in [3.63, 3.8) is 0 Å². The Balaban J connectivity index is 1.21. The van der Waals surface area contributed by atoms with Gasteiger partial charge in [0.05, 0.1) is 0 Å². The summed E-state index contributed by atoms with van der Waals surface area (Å²) in [4.78, 5) is 4.71. The van der Waals surface area contributed by atoms with Gasteiger partial charge < -0.3 is 9.80 Å². The summed E-state index contributed by atoms with van der Waals surface area (Å²) in [5, 5.41) is 2.60. The van der Waals surface area contributed by atoms with Crippen LogP contribution in [-0.4, -0.2) is 7.05 Å². The molecule has 2 aliphatic carbocycles. The van der Waals surface area contributed by atoms with E-state index in [1.165, 1.54) is 72.3 Å². The highest BCUT2D eigenvalue weighted by Gasteiger charge is 2.43. The highest BCUT2D eigenvalue weighted by molar-refractivity contribution is 6.09. The highest BCUT2D eigenvalue weighted by atomic mass is 15.1. The Hall–Kier alpha value is -5.60. The summed E-state index contributed by atoms with van der Waals surface area (Å²) in [6, 6.07) is 55.7. The van der Waals surface area contributed by atoms with Crippen LogP contribution in [0.15, 0.2) is 152 Å². The zero-order valence-corrected chi connectivity index (χ0v) is 28.8. The summed E-state index contributed by atoms with van der Waals surface area (Å²) in [5.74, 6) is 0. The van der Waals surface area contributed by atoms with Crippen LogP contribution in [0.3, 0.4) is 0 Å². The Labute approximate surface area is 289 Å². The van der Waals surface area contributed by atoms with Crippen LogP contribution >= 0.6 is 0 Å². The van der Waals surface area contributed by atoms with E-state index in [1.807, 2.05) is 0 Å². The molecule has 0 saturated carbocycles. The molecule has 0 fully saturated rings. The van der Waals surface area contributed by atoms with Crippen molar-refractivity contribution in [2.24, 2.45) is 0 Å². The van der Waals surface area contributed by atoms with E-state index in [0.717, 1.165) is 11.4 Å². The summed E-state index contributed by atoms with van der Waals surface area (Å²) in [6.07, 6.45) is 0. The van der Waals surface area contributed by atoms with E-state index in [0.29, 0.717) is 0 Å². The minimum atomic E-state index is -0.162. The van der Waals surface area contributed by atoms with Crippen LogP contribution in [0.4, 0.5) is 28.4 Å². The number of para-hydroxylation sites is 3. The van der Waals surface area contributed by atoms with Gasteiger partial charge in [0, 0.05) is 51.7 Å². The molecule has 0 saturated heterocycles. The van der Waals surface area contributed by atoms with Gasteiger partial charge in [0.2, 0.25) is 0 Å². The maximum atomic E-state index is 2.54. The smallest absolute Gasteiger partial charge is 0.0491 e. The van der Waals surface area contributed by atoms with Gasteiger partial charge in [-0.3, -0.25) is 0 Å². The van der Waals surface area contributed by atoms with E-state index in [1.54, 1.807) is 0 Å². The predicted octanol–water partition coefficient (Wildman–Crippen LogP) is 12.7. The standard InChI is InChI=1S/C47H40N2/c1-46(2)40-27-34(49(32-19-11-7-12-20-32)33-21-13-8-14-22-33)25-26-35(40)38-28-42-39(29-41(38)46)45-37-24-16-15-23-36(37)44(30-43(45)47(42,3)4)48(5)31-17-9-6-10-18-31/h6-30H,1-5H3. The van der Waals surface area contributed by atoms with Crippen LogP contribution in [0.1, 0.15) is 49.9 Å². The van der Waals surface area contributed by atoms with Crippen LogP contribution in [0.2, 0.25) is 0 Å². The summed E-state index contributed by atoms with van der Waals surface area (Å²) < 4.78 is 0. The van der Waals surface area contributed by atoms with Crippen molar-refractivity contribution in [3.8, 4) is 22.3 Å². The second-order valence-corrected chi connectivity index (χ2v) is 14.7. The van der Waals surface area contributed by atoms with E-state index in [4.69, 9.17) is 0 Å². The first kappa shape index (κ1) is 29.5. The molecule has 7 aromatic rings. The molecule has 0 atom stereocenters. The first-order valence-electron chi connectivity index (χ1n) is 17.3. The molecule has 0 aliphatic heterocycles. The van der Waals surface area contributed by atoms with Crippen molar-refractivity contribution in [3.05, 3.63) is 174 Å². The number of hydrogen-bond donors (Lipinski definition) is 0. The maximum absolute atomic E-state index is 2.54. The highest BCUT2D eigenvalue weighted by Crippen LogP contribution is 2.59. The molecule has 2 heteroatoms. The molecule has 0 unspecified atom stereocenters. The number of rotatable bonds is 5. The Bertz CT molecular complexity index is 2350. The fourth-order valence-corrected chi connectivity index (χ4v) is 8.59. The summed E-state index contributed by atoms with van der Waals surface area (Å²) >= 11 is 0. The van der Waals surface area contributed by atoms with Gasteiger partial charge in [0.15, 0.2) is 0 Å². The minimum absolute atomic E-state index is 0.153. The number of nitrogens with zero attached hydrogens (tertiary/aromatic N) is 2. The quantitative estimate of drug-likeness (QED) is 0.186. The normalized spacial score (nSPS) is 14.6. The van der Waals surface area contributed by atoms with Gasteiger partial charge in [0.25, 0.3) is 0 Å². The molecule has 0 spiro atoms. The number of benzene rings is 7. The lowest BCUT2D eigenvalue weighted by Crippen LogP contribution is -2.18. The Kier molecular flexibility index (Phi) is 6.45. The van der Waals surface area contributed by atoms with Gasteiger partial charge in [-0.15, -0.1) is 0 Å². The molecule has 0 radical (unpaired) electrons. The fraction of sp³-hybridized carbons (Fsp3) is 0.149. The van der Waals surface area contributed by atoms with E-state index in [9.17, 15) is 0 Å². The predicted molar refractivity (Wildman–Crippen MR) is 208 cm³/mol. The monoisotopic (exact) mass is 632 g/mol. The summed E-state index contributed by atoms with van der Waals surface area (Å²) in [6.45, 7) is 9.63. The number of hydrogen-bond acceptors (Lipinski definition) is 2. The van der Waals surface area contributed by atoms with E-state index in [2.05, 4.69) is 196 Å². The molecule has 49 heavy (non-hydrogen) atoms. The SMILES string of the molecule is CN(c1ccccc1)c1cc2c(c3ccccc13)-c1cc3c(cc1C2(C)C)-c1ccc(N(c2ccccc2)c2ccccc2)cc1C3(C)C. The Morgan fingerprint density at radius 2 is 0.878 bits per heavy atom. The zero-order valence-electron chi connectivity index (χ0n) is 28.8. The number of anilines is 5. The molecule has 9 rings (SSSR count). The summed E-state index contributed by atoms with van der Waals surface area (Å²) in [7, 11) is 2.19. The van der Waals surface area contributed by atoms with Gasteiger partial charge in [-0.05, 0) is 117 Å². The van der Waals surface area contributed by atoms with Crippen molar-refractivity contribution in [1.82, 2.24) is 0 Å². The molecule has 7 aromatic carbocycles. The van der Waals surface area contributed by atoms with Gasteiger partial charge in [-0.25, -0.2) is 0 Å². The first-order chi connectivity index (χ1) is 23.7. The lowest BCUT2D eigenvalue weighted by atomic mass is 9.79. The molecule has 2 nitrogen and oxygen atoms in total. The lowest BCUT2D eigenvalue weighted by Gasteiger charge is -2.28. The zero-order chi connectivity index (χ0) is 33.5. The topological polar surface area (TPSA) is 6.48 Å². The average Bonchev–Trinajstić information content (AvgIpc) is 3.50. The molecule has 0 bridgehead atoms. The average molecular weight is 633 g/mol. The Morgan fingerprint density at radius 1 is 0.388 bits per heavy atom. The Morgan fingerprint density at radius 3 is 1.51 bits per heavy atom. The maximum Gasteiger partial charge on any atom is 0.0491 e. The second kappa shape index (κ2) is 10.7.